The first-order valence-corrected chi connectivity index (χ1v) is 6.45. The summed E-state index contributed by atoms with van der Waals surface area (Å²) in [6.07, 6.45) is -4.73. The third-order valence-corrected chi connectivity index (χ3v) is 2.97. The third kappa shape index (κ3) is 6.20. The number of hydrogen-bond acceptors (Lipinski definition) is 2. The van der Waals surface area contributed by atoms with Crippen molar-refractivity contribution in [1.29, 1.82) is 0 Å². The maximum absolute atomic E-state index is 11.9. The molecule has 106 valence electrons. The first-order valence-electron chi connectivity index (χ1n) is 5.63. The summed E-state index contributed by atoms with van der Waals surface area (Å²) in [6, 6.07) is 4.70. The first-order chi connectivity index (χ1) is 8.79. The molecule has 0 unspecified atom stereocenters. The van der Waals surface area contributed by atoms with Crippen molar-refractivity contribution in [3.05, 3.63) is 28.8 Å². The zero-order chi connectivity index (χ0) is 14.5. The van der Waals surface area contributed by atoms with Crippen molar-refractivity contribution < 1.29 is 18.0 Å². The van der Waals surface area contributed by atoms with Crippen molar-refractivity contribution in [1.82, 2.24) is 5.32 Å². The van der Waals surface area contributed by atoms with E-state index in [0.717, 1.165) is 0 Å². The van der Waals surface area contributed by atoms with Crippen molar-refractivity contribution in [2.24, 2.45) is 0 Å². The van der Waals surface area contributed by atoms with E-state index in [1.54, 1.807) is 12.1 Å². The normalized spacial score (nSPS) is 11.4. The summed E-state index contributed by atoms with van der Waals surface area (Å²) >= 11 is 9.94. The monoisotopic (exact) mass is 311 g/mol. The van der Waals surface area contributed by atoms with Gasteiger partial charge in [0.25, 0.3) is 5.91 Å². The Bertz CT molecular complexity index is 451. The molecule has 0 spiro atoms. The number of halogens is 4. The van der Waals surface area contributed by atoms with Crippen LogP contribution in [-0.2, 0) is 0 Å². The van der Waals surface area contributed by atoms with Gasteiger partial charge in [0.2, 0.25) is 0 Å². The number of hydrogen-bond donors (Lipinski definition) is 2. The highest BCUT2D eigenvalue weighted by molar-refractivity contribution is 7.80. The van der Waals surface area contributed by atoms with Crippen LogP contribution in [-0.4, -0.2) is 18.6 Å². The van der Waals surface area contributed by atoms with E-state index < -0.39 is 18.5 Å². The summed E-state index contributed by atoms with van der Waals surface area (Å²) in [4.78, 5) is 12.3. The first kappa shape index (κ1) is 16.2. The van der Waals surface area contributed by atoms with Crippen LogP contribution in [0.3, 0.4) is 0 Å². The summed E-state index contributed by atoms with van der Waals surface area (Å²) in [5.74, 6) is -0.409. The molecule has 0 atom stereocenters. The van der Waals surface area contributed by atoms with Gasteiger partial charge in [0, 0.05) is 17.9 Å². The zero-order valence-electron chi connectivity index (χ0n) is 9.93. The minimum Gasteiger partial charge on any atom is -0.352 e. The molecule has 1 N–H and O–H groups in total. The Morgan fingerprint density at radius 2 is 2.00 bits per heavy atom. The van der Waals surface area contributed by atoms with Gasteiger partial charge in [0.05, 0.1) is 10.6 Å². The fourth-order valence-electron chi connectivity index (χ4n) is 1.43. The molecule has 2 nitrogen and oxygen atoms in total. The molecule has 1 rings (SSSR count). The molecule has 0 aliphatic heterocycles. The molecule has 0 radical (unpaired) electrons. The lowest BCUT2D eigenvalue weighted by Gasteiger charge is -2.08. The van der Waals surface area contributed by atoms with Crippen molar-refractivity contribution >= 4 is 30.1 Å². The van der Waals surface area contributed by atoms with Crippen LogP contribution in [0.1, 0.15) is 29.6 Å². The van der Waals surface area contributed by atoms with Crippen molar-refractivity contribution in [3.63, 3.8) is 0 Å². The highest BCUT2D eigenvalue weighted by Gasteiger charge is 2.25. The maximum Gasteiger partial charge on any atom is 0.389 e. The summed E-state index contributed by atoms with van der Waals surface area (Å²) in [5, 5.41) is 2.81. The Morgan fingerprint density at radius 3 is 2.63 bits per heavy atom. The van der Waals surface area contributed by atoms with Gasteiger partial charge in [0.1, 0.15) is 0 Å². The maximum atomic E-state index is 11.9. The van der Waals surface area contributed by atoms with Gasteiger partial charge >= 0.3 is 6.18 Å². The standard InChI is InChI=1S/C12H13ClF3NOS/c13-10-4-3-8(19)7-9(10)11(18)17-6-2-1-5-12(14,15)16/h3-4,7,19H,1-2,5-6H2,(H,17,18). The van der Waals surface area contributed by atoms with Crippen LogP contribution in [0, 0.1) is 0 Å². The average Bonchev–Trinajstić information content (AvgIpc) is 2.30. The van der Waals surface area contributed by atoms with Gasteiger partial charge in [0.15, 0.2) is 0 Å². The fraction of sp³-hybridized carbons (Fsp3) is 0.417. The smallest absolute Gasteiger partial charge is 0.352 e. The number of nitrogens with one attached hydrogen (secondary N) is 1. The number of thiol groups is 1. The van der Waals surface area contributed by atoms with E-state index in [4.69, 9.17) is 11.6 Å². The molecule has 7 heteroatoms. The predicted octanol–water partition coefficient (Wildman–Crippen LogP) is 4.09. The lowest BCUT2D eigenvalue weighted by Crippen LogP contribution is -2.25. The molecule has 1 aromatic rings. The largest absolute Gasteiger partial charge is 0.389 e. The Balaban J connectivity index is 2.38. The molecule has 0 saturated heterocycles. The quantitative estimate of drug-likeness (QED) is 0.622. The van der Waals surface area contributed by atoms with Gasteiger partial charge in [-0.3, -0.25) is 4.79 Å². The highest BCUT2D eigenvalue weighted by Crippen LogP contribution is 2.22. The van der Waals surface area contributed by atoms with Crippen LogP contribution >= 0.6 is 24.2 Å². The van der Waals surface area contributed by atoms with E-state index in [0.29, 0.717) is 4.90 Å². The lowest BCUT2D eigenvalue weighted by atomic mass is 10.2. The number of alkyl halides is 3. The van der Waals surface area contributed by atoms with Crippen molar-refractivity contribution in [3.8, 4) is 0 Å². The topological polar surface area (TPSA) is 29.1 Å². The number of unbranched alkanes of at least 4 members (excludes halogenated alkanes) is 1. The Kier molecular flexibility index (Phi) is 6.00. The summed E-state index contributed by atoms with van der Waals surface area (Å²) in [6.45, 7) is 0.183. The molecule has 0 aliphatic carbocycles. The molecule has 0 aliphatic rings. The minimum absolute atomic E-state index is 0.00980. The molecule has 19 heavy (non-hydrogen) atoms. The van der Waals surface area contributed by atoms with E-state index in [1.807, 2.05) is 0 Å². The molecule has 0 aromatic heterocycles. The van der Waals surface area contributed by atoms with E-state index in [9.17, 15) is 18.0 Å². The van der Waals surface area contributed by atoms with Gasteiger partial charge in [-0.1, -0.05) is 11.6 Å². The van der Waals surface area contributed by atoms with E-state index in [1.165, 1.54) is 6.07 Å². The Labute approximate surface area is 119 Å². The lowest BCUT2D eigenvalue weighted by molar-refractivity contribution is -0.135. The number of amides is 1. The summed E-state index contributed by atoms with van der Waals surface area (Å²) in [7, 11) is 0. The molecular formula is C12H13ClF3NOS. The minimum atomic E-state index is -4.15. The molecule has 1 aromatic carbocycles. The van der Waals surface area contributed by atoms with Crippen LogP contribution < -0.4 is 5.32 Å². The Morgan fingerprint density at radius 1 is 1.32 bits per heavy atom. The van der Waals surface area contributed by atoms with Crippen LogP contribution in [0.15, 0.2) is 23.1 Å². The van der Waals surface area contributed by atoms with Crippen molar-refractivity contribution in [2.75, 3.05) is 6.54 Å². The van der Waals surface area contributed by atoms with Crippen LogP contribution in [0.4, 0.5) is 13.2 Å². The van der Waals surface area contributed by atoms with Crippen LogP contribution in [0.25, 0.3) is 0 Å². The molecule has 0 bridgehead atoms. The highest BCUT2D eigenvalue weighted by atomic mass is 35.5. The summed E-state index contributed by atoms with van der Waals surface area (Å²) < 4.78 is 35.7. The number of benzene rings is 1. The van der Waals surface area contributed by atoms with Crippen LogP contribution in [0.2, 0.25) is 5.02 Å². The second-order valence-corrected chi connectivity index (χ2v) is 4.92. The average molecular weight is 312 g/mol. The SMILES string of the molecule is O=C(NCCCCC(F)(F)F)c1cc(S)ccc1Cl. The van der Waals surface area contributed by atoms with Gasteiger partial charge < -0.3 is 5.32 Å². The number of rotatable bonds is 5. The zero-order valence-corrected chi connectivity index (χ0v) is 11.6. The number of carbonyl (C=O) groups is 1. The second kappa shape index (κ2) is 7.05. The molecule has 0 fully saturated rings. The van der Waals surface area contributed by atoms with Crippen molar-refractivity contribution in [2.45, 2.75) is 30.3 Å². The molecule has 0 saturated carbocycles. The Hall–Kier alpha value is -0.880. The van der Waals surface area contributed by atoms with E-state index >= 15 is 0 Å². The molecule has 1 amide bonds. The molecule has 0 heterocycles. The second-order valence-electron chi connectivity index (χ2n) is 3.99. The van der Waals surface area contributed by atoms with Gasteiger partial charge in [-0.05, 0) is 31.0 Å². The summed E-state index contributed by atoms with van der Waals surface area (Å²) in [5.41, 5.74) is 0.269. The predicted molar refractivity (Wildman–Crippen MR) is 70.9 cm³/mol. The van der Waals surface area contributed by atoms with E-state index in [2.05, 4.69) is 17.9 Å². The third-order valence-electron chi connectivity index (χ3n) is 2.37. The van der Waals surface area contributed by atoms with Gasteiger partial charge in [-0.15, -0.1) is 12.6 Å². The fourth-order valence-corrected chi connectivity index (χ4v) is 1.84. The molecular weight excluding hydrogens is 299 g/mol. The van der Waals surface area contributed by atoms with Crippen LogP contribution in [0.5, 0.6) is 0 Å². The van der Waals surface area contributed by atoms with Gasteiger partial charge in [-0.25, -0.2) is 0 Å². The van der Waals surface area contributed by atoms with E-state index in [-0.39, 0.29) is 30.0 Å². The number of carbonyl (C=O) groups excluding carboxylic acids is 1. The van der Waals surface area contributed by atoms with Gasteiger partial charge in [-0.2, -0.15) is 13.2 Å².